The molecule has 2 atom stereocenters. The highest BCUT2D eigenvalue weighted by Crippen LogP contribution is 2.32. The van der Waals surface area contributed by atoms with Crippen LogP contribution in [0, 0.1) is 13.8 Å². The van der Waals surface area contributed by atoms with E-state index in [0.717, 1.165) is 39.6 Å². The van der Waals surface area contributed by atoms with Crippen molar-refractivity contribution in [3.8, 4) is 11.6 Å². The molecule has 28 heavy (non-hydrogen) atoms. The summed E-state index contributed by atoms with van der Waals surface area (Å²) in [4.78, 5) is 9.83. The highest BCUT2D eigenvalue weighted by atomic mass is 16.3. The van der Waals surface area contributed by atoms with Gasteiger partial charge in [0.15, 0.2) is 11.6 Å². The molecule has 0 aliphatic rings. The zero-order chi connectivity index (χ0) is 19.8. The lowest BCUT2D eigenvalue weighted by Crippen LogP contribution is -2.27. The molecule has 4 aromatic rings. The van der Waals surface area contributed by atoms with Gasteiger partial charge in [0, 0.05) is 16.8 Å². The highest BCUT2D eigenvalue weighted by molar-refractivity contribution is 5.88. The van der Waals surface area contributed by atoms with E-state index in [0.29, 0.717) is 11.6 Å². The SMILES string of the molecule is CNC(CC(C)N)c1nc(-c2cc3ccccc3o2)nc2c(C)c(C)ccc12. The van der Waals surface area contributed by atoms with Crippen LogP contribution in [0.3, 0.4) is 0 Å². The van der Waals surface area contributed by atoms with Gasteiger partial charge in [0.05, 0.1) is 17.3 Å². The molecule has 2 aromatic carbocycles. The molecule has 5 heteroatoms. The van der Waals surface area contributed by atoms with E-state index in [2.05, 4.69) is 31.3 Å². The van der Waals surface area contributed by atoms with E-state index in [1.807, 2.05) is 44.3 Å². The molecular weight excluding hydrogens is 348 g/mol. The summed E-state index contributed by atoms with van der Waals surface area (Å²) < 4.78 is 6.05. The molecular formula is C23H26N4O. The second kappa shape index (κ2) is 7.34. The average molecular weight is 374 g/mol. The van der Waals surface area contributed by atoms with E-state index >= 15 is 0 Å². The Bertz CT molecular complexity index is 1110. The number of aryl methyl sites for hydroxylation is 2. The molecule has 2 unspecified atom stereocenters. The highest BCUT2D eigenvalue weighted by Gasteiger charge is 2.21. The molecule has 2 aromatic heterocycles. The van der Waals surface area contributed by atoms with Crippen LogP contribution in [0.2, 0.25) is 0 Å². The summed E-state index contributed by atoms with van der Waals surface area (Å²) in [6.45, 7) is 6.23. The third-order valence-corrected chi connectivity index (χ3v) is 5.35. The minimum atomic E-state index is 0.0377. The molecule has 0 fully saturated rings. The maximum absolute atomic E-state index is 6.10. The molecule has 0 saturated carbocycles. The minimum Gasteiger partial charge on any atom is -0.453 e. The summed E-state index contributed by atoms with van der Waals surface area (Å²) in [6.07, 6.45) is 0.787. The third-order valence-electron chi connectivity index (χ3n) is 5.35. The van der Waals surface area contributed by atoms with Crippen molar-refractivity contribution in [2.45, 2.75) is 39.3 Å². The fourth-order valence-corrected chi connectivity index (χ4v) is 3.66. The summed E-state index contributed by atoms with van der Waals surface area (Å²) in [5.41, 5.74) is 11.2. The molecule has 5 nitrogen and oxygen atoms in total. The first-order chi connectivity index (χ1) is 13.5. The number of nitrogens with two attached hydrogens (primary N) is 1. The van der Waals surface area contributed by atoms with Crippen LogP contribution < -0.4 is 11.1 Å². The van der Waals surface area contributed by atoms with Gasteiger partial charge in [-0.3, -0.25) is 0 Å². The second-order valence-electron chi connectivity index (χ2n) is 7.54. The Morgan fingerprint density at radius 3 is 2.61 bits per heavy atom. The van der Waals surface area contributed by atoms with Crippen molar-refractivity contribution in [3.05, 3.63) is 59.3 Å². The van der Waals surface area contributed by atoms with Gasteiger partial charge in [-0.25, -0.2) is 9.97 Å². The fourth-order valence-electron chi connectivity index (χ4n) is 3.66. The van der Waals surface area contributed by atoms with Crippen LogP contribution in [0.25, 0.3) is 33.5 Å². The number of nitrogens with zero attached hydrogens (tertiary/aromatic N) is 2. The predicted molar refractivity (Wildman–Crippen MR) is 114 cm³/mol. The summed E-state index contributed by atoms with van der Waals surface area (Å²) >= 11 is 0. The number of hydrogen-bond acceptors (Lipinski definition) is 5. The van der Waals surface area contributed by atoms with Gasteiger partial charge in [-0.15, -0.1) is 0 Å². The minimum absolute atomic E-state index is 0.0377. The van der Waals surface area contributed by atoms with Crippen LogP contribution in [0.1, 0.15) is 36.2 Å². The third kappa shape index (κ3) is 3.28. The lowest BCUT2D eigenvalue weighted by Gasteiger charge is -2.20. The van der Waals surface area contributed by atoms with Crippen LogP contribution in [-0.4, -0.2) is 23.1 Å². The molecule has 0 amide bonds. The summed E-state index contributed by atoms with van der Waals surface area (Å²) in [5.74, 6) is 1.29. The maximum atomic E-state index is 6.10. The monoisotopic (exact) mass is 374 g/mol. The first-order valence-electron chi connectivity index (χ1n) is 9.67. The van der Waals surface area contributed by atoms with Gasteiger partial charge in [-0.2, -0.15) is 0 Å². The van der Waals surface area contributed by atoms with Crippen molar-refractivity contribution >= 4 is 21.9 Å². The molecule has 3 N–H and O–H groups in total. The van der Waals surface area contributed by atoms with E-state index in [9.17, 15) is 0 Å². The number of fused-ring (bicyclic) bond motifs is 2. The van der Waals surface area contributed by atoms with Crippen molar-refractivity contribution in [2.24, 2.45) is 5.73 Å². The van der Waals surface area contributed by atoms with E-state index in [1.165, 1.54) is 5.56 Å². The van der Waals surface area contributed by atoms with E-state index in [4.69, 9.17) is 20.1 Å². The van der Waals surface area contributed by atoms with Crippen LogP contribution in [0.15, 0.2) is 46.9 Å². The van der Waals surface area contributed by atoms with Crippen LogP contribution >= 0.6 is 0 Å². The molecule has 144 valence electrons. The Morgan fingerprint density at radius 1 is 1.11 bits per heavy atom. The summed E-state index contributed by atoms with van der Waals surface area (Å²) in [7, 11) is 1.95. The van der Waals surface area contributed by atoms with Crippen molar-refractivity contribution in [1.29, 1.82) is 0 Å². The number of hydrogen-bond donors (Lipinski definition) is 2. The molecule has 0 spiro atoms. The topological polar surface area (TPSA) is 77.0 Å². The normalized spacial score (nSPS) is 13.9. The Morgan fingerprint density at radius 2 is 1.89 bits per heavy atom. The number of furan rings is 1. The van der Waals surface area contributed by atoms with E-state index in [-0.39, 0.29) is 12.1 Å². The van der Waals surface area contributed by atoms with Crippen molar-refractivity contribution in [3.63, 3.8) is 0 Å². The van der Waals surface area contributed by atoms with Gasteiger partial charge in [0.1, 0.15) is 5.58 Å². The van der Waals surface area contributed by atoms with Gasteiger partial charge in [0.2, 0.25) is 0 Å². The van der Waals surface area contributed by atoms with Crippen molar-refractivity contribution in [2.75, 3.05) is 7.05 Å². The summed E-state index contributed by atoms with van der Waals surface area (Å²) in [6, 6.07) is 14.3. The van der Waals surface area contributed by atoms with E-state index < -0.39 is 0 Å². The summed E-state index contributed by atoms with van der Waals surface area (Å²) in [5, 5.41) is 5.48. The average Bonchev–Trinajstić information content (AvgIpc) is 3.12. The molecule has 2 heterocycles. The smallest absolute Gasteiger partial charge is 0.196 e. The molecule has 0 radical (unpaired) electrons. The first-order valence-corrected chi connectivity index (χ1v) is 9.67. The number of aromatic nitrogens is 2. The molecule has 0 bridgehead atoms. The lowest BCUT2D eigenvalue weighted by molar-refractivity contribution is 0.492. The standard InChI is InChI=1S/C23H26N4O/c1-13-9-10-17-21(15(13)3)26-23(27-22(17)18(25-4)11-14(2)24)20-12-16-7-5-6-8-19(16)28-20/h5-10,12,14,18,25H,11,24H2,1-4H3. The van der Waals surface area contributed by atoms with Crippen molar-refractivity contribution in [1.82, 2.24) is 15.3 Å². The second-order valence-corrected chi connectivity index (χ2v) is 7.54. The predicted octanol–water partition coefficient (Wildman–Crippen LogP) is 4.66. The number of para-hydroxylation sites is 1. The number of rotatable bonds is 5. The molecule has 0 aliphatic carbocycles. The van der Waals surface area contributed by atoms with Gasteiger partial charge in [-0.05, 0) is 57.5 Å². The van der Waals surface area contributed by atoms with Crippen LogP contribution in [-0.2, 0) is 0 Å². The van der Waals surface area contributed by atoms with Gasteiger partial charge in [0.25, 0.3) is 0 Å². The van der Waals surface area contributed by atoms with Crippen LogP contribution in [0.5, 0.6) is 0 Å². The van der Waals surface area contributed by atoms with E-state index in [1.54, 1.807) is 0 Å². The largest absolute Gasteiger partial charge is 0.453 e. The zero-order valence-electron chi connectivity index (χ0n) is 16.8. The van der Waals surface area contributed by atoms with Gasteiger partial charge >= 0.3 is 0 Å². The maximum Gasteiger partial charge on any atom is 0.196 e. The van der Waals surface area contributed by atoms with Crippen molar-refractivity contribution < 1.29 is 4.42 Å². The van der Waals surface area contributed by atoms with Gasteiger partial charge in [-0.1, -0.05) is 30.3 Å². The Kier molecular flexibility index (Phi) is 4.87. The lowest BCUT2D eigenvalue weighted by atomic mass is 9.98. The Hall–Kier alpha value is -2.76. The van der Waals surface area contributed by atoms with Crippen LogP contribution in [0.4, 0.5) is 0 Å². The first kappa shape index (κ1) is 18.6. The zero-order valence-corrected chi connectivity index (χ0v) is 16.8. The quantitative estimate of drug-likeness (QED) is 0.531. The molecule has 4 rings (SSSR count). The Labute approximate surface area is 165 Å². The Balaban J connectivity index is 1.97. The number of benzene rings is 2. The molecule has 0 aliphatic heterocycles. The number of nitrogens with one attached hydrogen (secondary N) is 1. The fraction of sp³-hybridized carbons (Fsp3) is 0.304. The molecule has 0 saturated heterocycles. The van der Waals surface area contributed by atoms with Gasteiger partial charge < -0.3 is 15.5 Å².